The number of amides is 1. The van der Waals surface area contributed by atoms with Crippen molar-refractivity contribution in [3.8, 4) is 0 Å². The fourth-order valence-corrected chi connectivity index (χ4v) is 1.43. The number of hydrogen-bond acceptors (Lipinski definition) is 4. The summed E-state index contributed by atoms with van der Waals surface area (Å²) in [6.07, 6.45) is 0.149. The van der Waals surface area contributed by atoms with Crippen molar-refractivity contribution in [2.45, 2.75) is 12.5 Å². The van der Waals surface area contributed by atoms with Crippen LogP contribution in [0.25, 0.3) is 0 Å². The van der Waals surface area contributed by atoms with Crippen molar-refractivity contribution >= 4 is 11.8 Å². The SMILES string of the molecule is O=C(NNc1ccccc1)OC1CCOC1. The molecule has 1 aliphatic heterocycles. The summed E-state index contributed by atoms with van der Waals surface area (Å²) in [5.41, 5.74) is 6.02. The van der Waals surface area contributed by atoms with Crippen LogP contribution < -0.4 is 10.9 Å². The van der Waals surface area contributed by atoms with Crippen LogP contribution in [0.5, 0.6) is 0 Å². The van der Waals surface area contributed by atoms with E-state index < -0.39 is 6.09 Å². The van der Waals surface area contributed by atoms with Gasteiger partial charge in [-0.05, 0) is 12.1 Å². The second-order valence-corrected chi connectivity index (χ2v) is 3.51. The van der Waals surface area contributed by atoms with E-state index in [-0.39, 0.29) is 6.10 Å². The number of hydrogen-bond donors (Lipinski definition) is 2. The molecule has 1 amide bonds. The molecule has 0 radical (unpaired) electrons. The Morgan fingerprint density at radius 1 is 1.38 bits per heavy atom. The number of anilines is 1. The molecule has 1 aliphatic rings. The van der Waals surface area contributed by atoms with Crippen molar-refractivity contribution in [1.29, 1.82) is 0 Å². The van der Waals surface area contributed by atoms with Crippen molar-refractivity contribution in [2.75, 3.05) is 18.6 Å². The lowest BCUT2D eigenvalue weighted by Gasteiger charge is -2.12. The van der Waals surface area contributed by atoms with E-state index in [1.165, 1.54) is 0 Å². The molecule has 0 saturated carbocycles. The highest BCUT2D eigenvalue weighted by Gasteiger charge is 2.19. The first kappa shape index (κ1) is 10.8. The number of hydrazine groups is 1. The van der Waals surface area contributed by atoms with Crippen molar-refractivity contribution in [3.63, 3.8) is 0 Å². The van der Waals surface area contributed by atoms with Gasteiger partial charge in [-0.1, -0.05) is 18.2 Å². The number of carbonyl (C=O) groups is 1. The minimum Gasteiger partial charge on any atom is -0.442 e. The molecule has 86 valence electrons. The lowest BCUT2D eigenvalue weighted by molar-refractivity contribution is 0.0845. The zero-order valence-corrected chi connectivity index (χ0v) is 8.81. The minimum absolute atomic E-state index is 0.127. The van der Waals surface area contributed by atoms with Crippen LogP contribution in [0.15, 0.2) is 30.3 Å². The molecule has 0 aliphatic carbocycles. The number of nitrogens with one attached hydrogen (secondary N) is 2. The van der Waals surface area contributed by atoms with E-state index in [0.717, 1.165) is 12.1 Å². The number of carbonyl (C=O) groups excluding carboxylic acids is 1. The molecule has 1 fully saturated rings. The van der Waals surface area contributed by atoms with E-state index in [2.05, 4.69) is 10.9 Å². The second-order valence-electron chi connectivity index (χ2n) is 3.51. The van der Waals surface area contributed by atoms with E-state index in [1.807, 2.05) is 30.3 Å². The largest absolute Gasteiger partial charge is 0.442 e. The molecule has 1 aromatic rings. The summed E-state index contributed by atoms with van der Waals surface area (Å²) >= 11 is 0. The zero-order chi connectivity index (χ0) is 11.2. The fraction of sp³-hybridized carbons (Fsp3) is 0.364. The van der Waals surface area contributed by atoms with Gasteiger partial charge in [-0.3, -0.25) is 5.43 Å². The normalized spacial score (nSPS) is 19.1. The van der Waals surface area contributed by atoms with Crippen LogP contribution in [0.4, 0.5) is 10.5 Å². The molecule has 16 heavy (non-hydrogen) atoms. The molecular formula is C11H14N2O3. The van der Waals surface area contributed by atoms with E-state index in [0.29, 0.717) is 13.2 Å². The Kier molecular flexibility index (Phi) is 3.61. The van der Waals surface area contributed by atoms with Crippen LogP contribution in [0.3, 0.4) is 0 Å². The quantitative estimate of drug-likeness (QED) is 0.761. The van der Waals surface area contributed by atoms with Gasteiger partial charge in [-0.2, -0.15) is 0 Å². The maximum atomic E-state index is 11.3. The maximum absolute atomic E-state index is 11.3. The standard InChI is InChI=1S/C11H14N2O3/c14-11(16-10-6-7-15-8-10)13-12-9-4-2-1-3-5-9/h1-5,10,12H,6-8H2,(H,13,14). The minimum atomic E-state index is -0.487. The van der Waals surface area contributed by atoms with Gasteiger partial charge in [0.05, 0.1) is 18.9 Å². The first-order chi connectivity index (χ1) is 7.84. The van der Waals surface area contributed by atoms with E-state index in [4.69, 9.17) is 9.47 Å². The van der Waals surface area contributed by atoms with Gasteiger partial charge in [-0.15, -0.1) is 0 Å². The van der Waals surface area contributed by atoms with Crippen LogP contribution in [0.2, 0.25) is 0 Å². The van der Waals surface area contributed by atoms with Gasteiger partial charge in [0.25, 0.3) is 0 Å². The molecule has 5 nitrogen and oxygen atoms in total. The monoisotopic (exact) mass is 222 g/mol. The molecular weight excluding hydrogens is 208 g/mol. The molecule has 5 heteroatoms. The summed E-state index contributed by atoms with van der Waals surface area (Å²) in [7, 11) is 0. The molecule has 0 bridgehead atoms. The van der Waals surface area contributed by atoms with E-state index >= 15 is 0 Å². The van der Waals surface area contributed by atoms with Crippen LogP contribution in [-0.2, 0) is 9.47 Å². The smallest absolute Gasteiger partial charge is 0.426 e. The Bertz CT molecular complexity index is 336. The predicted molar refractivity (Wildman–Crippen MR) is 58.9 cm³/mol. The molecule has 1 atom stereocenters. The van der Waals surface area contributed by atoms with Crippen molar-refractivity contribution < 1.29 is 14.3 Å². The van der Waals surface area contributed by atoms with Crippen LogP contribution in [0, 0.1) is 0 Å². The third-order valence-corrected chi connectivity index (χ3v) is 2.24. The number of para-hydroxylation sites is 1. The van der Waals surface area contributed by atoms with Crippen molar-refractivity contribution in [2.24, 2.45) is 0 Å². The van der Waals surface area contributed by atoms with Crippen LogP contribution in [0.1, 0.15) is 6.42 Å². The second kappa shape index (κ2) is 5.37. The number of rotatable bonds is 3. The maximum Gasteiger partial charge on any atom is 0.426 e. The fourth-order valence-electron chi connectivity index (χ4n) is 1.43. The highest BCUT2D eigenvalue weighted by atomic mass is 16.6. The third kappa shape index (κ3) is 3.13. The van der Waals surface area contributed by atoms with Crippen LogP contribution >= 0.6 is 0 Å². The van der Waals surface area contributed by atoms with Gasteiger partial charge in [0.1, 0.15) is 6.10 Å². The average Bonchev–Trinajstić information content (AvgIpc) is 2.81. The molecule has 2 rings (SSSR count). The van der Waals surface area contributed by atoms with E-state index in [1.54, 1.807) is 0 Å². The molecule has 0 aromatic heterocycles. The summed E-state index contributed by atoms with van der Waals surface area (Å²) in [5.74, 6) is 0. The molecule has 1 unspecified atom stereocenters. The number of ether oxygens (including phenoxy) is 2. The molecule has 1 saturated heterocycles. The van der Waals surface area contributed by atoms with Gasteiger partial charge in [0, 0.05) is 6.42 Å². The Hall–Kier alpha value is -1.75. The average molecular weight is 222 g/mol. The Balaban J connectivity index is 1.71. The van der Waals surface area contributed by atoms with Gasteiger partial charge in [0.2, 0.25) is 0 Å². The van der Waals surface area contributed by atoms with Crippen molar-refractivity contribution in [1.82, 2.24) is 5.43 Å². The van der Waals surface area contributed by atoms with Gasteiger partial charge in [0.15, 0.2) is 0 Å². The summed E-state index contributed by atoms with van der Waals surface area (Å²) in [4.78, 5) is 11.3. The van der Waals surface area contributed by atoms with Crippen LogP contribution in [-0.4, -0.2) is 25.4 Å². The van der Waals surface area contributed by atoms with Gasteiger partial charge in [-0.25, -0.2) is 10.2 Å². The zero-order valence-electron chi connectivity index (χ0n) is 8.81. The van der Waals surface area contributed by atoms with Gasteiger partial charge < -0.3 is 9.47 Å². The summed E-state index contributed by atoms with van der Waals surface area (Å²) in [6.45, 7) is 1.14. The summed E-state index contributed by atoms with van der Waals surface area (Å²) in [5, 5.41) is 0. The molecule has 0 spiro atoms. The lowest BCUT2D eigenvalue weighted by atomic mass is 10.3. The summed E-state index contributed by atoms with van der Waals surface area (Å²) < 4.78 is 10.2. The first-order valence-electron chi connectivity index (χ1n) is 5.20. The van der Waals surface area contributed by atoms with Crippen molar-refractivity contribution in [3.05, 3.63) is 30.3 Å². The number of benzene rings is 1. The molecule has 1 aromatic carbocycles. The first-order valence-corrected chi connectivity index (χ1v) is 5.20. The topological polar surface area (TPSA) is 59.6 Å². The molecule has 1 heterocycles. The Labute approximate surface area is 93.7 Å². The highest BCUT2D eigenvalue weighted by Crippen LogP contribution is 2.08. The predicted octanol–water partition coefficient (Wildman–Crippen LogP) is 1.53. The highest BCUT2D eigenvalue weighted by molar-refractivity contribution is 5.69. The Morgan fingerprint density at radius 3 is 2.88 bits per heavy atom. The van der Waals surface area contributed by atoms with E-state index in [9.17, 15) is 4.79 Å². The third-order valence-electron chi connectivity index (χ3n) is 2.24. The van der Waals surface area contributed by atoms with Gasteiger partial charge >= 0.3 is 6.09 Å². The molecule has 2 N–H and O–H groups in total. The lowest BCUT2D eigenvalue weighted by Crippen LogP contribution is -2.33. The Morgan fingerprint density at radius 2 is 2.19 bits per heavy atom. The summed E-state index contributed by atoms with van der Waals surface area (Å²) in [6, 6.07) is 9.34.